The fourth-order valence-electron chi connectivity index (χ4n) is 6.04. The zero-order valence-corrected chi connectivity index (χ0v) is 23.7. The standard InChI is InChI=1S/C31H33Cl2NO5/c1-3-38-26-16-20(13-23(33)30(26)36)28-27(31(37)39-22-7-5-4-6-8-22)17(2)34-24-14-19(15-25(35)29(24)28)18-9-11-21(32)12-10-18/h9-13,16,19,22,28,34,36H,3-8,14-15H2,1-2H3/t19-,28+/m1/s1. The number of aromatic hydroxyl groups is 1. The Morgan fingerprint density at radius 1 is 1.05 bits per heavy atom. The molecule has 2 aromatic carbocycles. The maximum atomic E-state index is 13.9. The van der Waals surface area contributed by atoms with Crippen LogP contribution in [0.2, 0.25) is 10.0 Å². The second-order valence-electron chi connectivity index (χ2n) is 10.5. The predicted molar refractivity (Wildman–Crippen MR) is 151 cm³/mol. The minimum Gasteiger partial charge on any atom is -0.503 e. The van der Waals surface area contributed by atoms with Crippen LogP contribution in [0.25, 0.3) is 0 Å². The van der Waals surface area contributed by atoms with Crippen LogP contribution in [0.4, 0.5) is 0 Å². The van der Waals surface area contributed by atoms with E-state index in [-0.39, 0.29) is 34.3 Å². The van der Waals surface area contributed by atoms with E-state index in [2.05, 4.69) is 5.32 Å². The van der Waals surface area contributed by atoms with Crippen LogP contribution in [0.5, 0.6) is 11.5 Å². The first-order valence-electron chi connectivity index (χ1n) is 13.6. The van der Waals surface area contributed by atoms with Gasteiger partial charge in [-0.1, -0.05) is 41.8 Å². The molecule has 0 aromatic heterocycles. The van der Waals surface area contributed by atoms with Crippen molar-refractivity contribution in [3.8, 4) is 11.5 Å². The summed E-state index contributed by atoms with van der Waals surface area (Å²) in [5.74, 6) is -1.17. The summed E-state index contributed by atoms with van der Waals surface area (Å²) >= 11 is 12.5. The molecule has 2 atom stereocenters. The van der Waals surface area contributed by atoms with Crippen LogP contribution in [0.15, 0.2) is 58.9 Å². The van der Waals surface area contributed by atoms with Gasteiger partial charge in [0.15, 0.2) is 17.3 Å². The number of carbonyl (C=O) groups is 2. The Morgan fingerprint density at radius 3 is 2.46 bits per heavy atom. The number of nitrogens with one attached hydrogen (secondary N) is 1. The summed E-state index contributed by atoms with van der Waals surface area (Å²) in [5, 5.41) is 14.6. The number of dihydropyridines is 1. The summed E-state index contributed by atoms with van der Waals surface area (Å²) in [6.45, 7) is 3.97. The molecule has 0 saturated heterocycles. The summed E-state index contributed by atoms with van der Waals surface area (Å²) < 4.78 is 11.7. The topological polar surface area (TPSA) is 84.9 Å². The SMILES string of the molecule is CCOc1cc([C@H]2C(C(=O)OC3CCCCC3)=C(C)NC3=C2C(=O)C[C@H](c2ccc(Cl)cc2)C3)cc(Cl)c1O. The maximum absolute atomic E-state index is 13.9. The van der Waals surface area contributed by atoms with Gasteiger partial charge in [-0.05, 0) is 87.3 Å². The van der Waals surface area contributed by atoms with Gasteiger partial charge in [0.05, 0.1) is 17.2 Å². The lowest BCUT2D eigenvalue weighted by Crippen LogP contribution is -2.37. The Kier molecular flexibility index (Phi) is 8.24. The molecule has 0 amide bonds. The molecule has 5 rings (SSSR count). The number of hydrogen-bond acceptors (Lipinski definition) is 6. The molecular weight excluding hydrogens is 537 g/mol. The van der Waals surface area contributed by atoms with Gasteiger partial charge in [0.25, 0.3) is 0 Å². The number of esters is 1. The van der Waals surface area contributed by atoms with Crippen molar-refractivity contribution in [2.24, 2.45) is 0 Å². The van der Waals surface area contributed by atoms with E-state index in [4.69, 9.17) is 32.7 Å². The van der Waals surface area contributed by atoms with Crippen molar-refractivity contribution >= 4 is 35.0 Å². The van der Waals surface area contributed by atoms with E-state index in [0.717, 1.165) is 43.4 Å². The third-order valence-electron chi connectivity index (χ3n) is 7.90. The highest BCUT2D eigenvalue weighted by atomic mass is 35.5. The monoisotopic (exact) mass is 569 g/mol. The van der Waals surface area contributed by atoms with E-state index in [1.54, 1.807) is 12.1 Å². The van der Waals surface area contributed by atoms with Crippen LogP contribution in [0.1, 0.15) is 81.8 Å². The van der Waals surface area contributed by atoms with E-state index in [1.807, 2.05) is 38.1 Å². The molecule has 0 spiro atoms. The summed E-state index contributed by atoms with van der Waals surface area (Å²) in [6.07, 6.45) is 5.65. The van der Waals surface area contributed by atoms with E-state index in [0.29, 0.717) is 46.9 Å². The average Bonchev–Trinajstić information content (AvgIpc) is 2.91. The molecule has 0 unspecified atom stereocenters. The third-order valence-corrected chi connectivity index (χ3v) is 8.44. The third kappa shape index (κ3) is 5.68. The highest BCUT2D eigenvalue weighted by Gasteiger charge is 2.42. The van der Waals surface area contributed by atoms with Crippen molar-refractivity contribution in [1.29, 1.82) is 0 Å². The molecule has 3 aliphatic rings. The normalized spacial score (nSPS) is 21.9. The van der Waals surface area contributed by atoms with Gasteiger partial charge in [-0.15, -0.1) is 0 Å². The molecule has 1 heterocycles. The Morgan fingerprint density at radius 2 is 1.77 bits per heavy atom. The minimum absolute atomic E-state index is 0.0207. The summed E-state index contributed by atoms with van der Waals surface area (Å²) in [6, 6.07) is 10.9. The number of benzene rings is 2. The minimum atomic E-state index is -0.701. The van der Waals surface area contributed by atoms with Crippen molar-refractivity contribution in [1.82, 2.24) is 5.32 Å². The smallest absolute Gasteiger partial charge is 0.337 e. The summed E-state index contributed by atoms with van der Waals surface area (Å²) in [7, 11) is 0. The van der Waals surface area contributed by atoms with E-state index < -0.39 is 11.9 Å². The number of phenolic OH excluding ortho intramolecular Hbond substituents is 1. The van der Waals surface area contributed by atoms with Crippen molar-refractivity contribution < 1.29 is 24.2 Å². The van der Waals surface area contributed by atoms with Gasteiger partial charge in [-0.2, -0.15) is 0 Å². The molecule has 6 nitrogen and oxygen atoms in total. The maximum Gasteiger partial charge on any atom is 0.337 e. The largest absolute Gasteiger partial charge is 0.503 e. The zero-order valence-electron chi connectivity index (χ0n) is 22.2. The highest BCUT2D eigenvalue weighted by molar-refractivity contribution is 6.32. The summed E-state index contributed by atoms with van der Waals surface area (Å²) in [5.41, 5.74) is 3.99. The number of rotatable bonds is 6. The van der Waals surface area contributed by atoms with Gasteiger partial charge in [-0.3, -0.25) is 4.79 Å². The van der Waals surface area contributed by atoms with Crippen molar-refractivity contribution in [3.05, 3.63) is 80.1 Å². The lowest BCUT2D eigenvalue weighted by molar-refractivity contribution is -0.146. The molecular formula is C31H33Cl2NO5. The van der Waals surface area contributed by atoms with Gasteiger partial charge >= 0.3 is 5.97 Å². The number of ether oxygens (including phenoxy) is 2. The van der Waals surface area contributed by atoms with E-state index >= 15 is 0 Å². The van der Waals surface area contributed by atoms with E-state index in [1.165, 1.54) is 0 Å². The van der Waals surface area contributed by atoms with Crippen LogP contribution >= 0.6 is 23.2 Å². The Balaban J connectivity index is 1.58. The van der Waals surface area contributed by atoms with Crippen LogP contribution in [-0.2, 0) is 14.3 Å². The number of ketones is 1. The van der Waals surface area contributed by atoms with Crippen LogP contribution < -0.4 is 10.1 Å². The molecule has 2 aliphatic carbocycles. The second kappa shape index (κ2) is 11.6. The molecule has 0 bridgehead atoms. The first kappa shape index (κ1) is 27.6. The average molecular weight is 571 g/mol. The van der Waals surface area contributed by atoms with E-state index in [9.17, 15) is 14.7 Å². The highest BCUT2D eigenvalue weighted by Crippen LogP contribution is 2.48. The molecule has 206 valence electrons. The number of allylic oxidation sites excluding steroid dienone is 3. The molecule has 8 heteroatoms. The van der Waals surface area contributed by atoms with Gasteiger partial charge in [0.2, 0.25) is 0 Å². The molecule has 2 N–H and O–H groups in total. The Bertz CT molecular complexity index is 1340. The number of hydrogen-bond donors (Lipinski definition) is 2. The summed E-state index contributed by atoms with van der Waals surface area (Å²) in [4.78, 5) is 27.6. The molecule has 1 saturated carbocycles. The fraction of sp³-hybridized carbons (Fsp3) is 0.419. The first-order chi connectivity index (χ1) is 18.8. The zero-order chi connectivity index (χ0) is 27.7. The lowest BCUT2D eigenvalue weighted by Gasteiger charge is -2.37. The molecule has 1 fully saturated rings. The molecule has 1 aliphatic heterocycles. The molecule has 39 heavy (non-hydrogen) atoms. The Hall–Kier alpha value is -2.96. The number of Topliss-reactive ketones (excluding diaryl/α,β-unsaturated/α-hetero) is 1. The molecule has 2 aromatic rings. The second-order valence-corrected chi connectivity index (χ2v) is 11.4. The van der Waals surface area contributed by atoms with Crippen molar-refractivity contribution in [2.75, 3.05) is 6.61 Å². The number of phenols is 1. The van der Waals surface area contributed by atoms with Crippen molar-refractivity contribution in [3.63, 3.8) is 0 Å². The van der Waals surface area contributed by atoms with Crippen molar-refractivity contribution in [2.45, 2.75) is 76.7 Å². The van der Waals surface area contributed by atoms with Crippen LogP contribution in [0.3, 0.4) is 0 Å². The predicted octanol–water partition coefficient (Wildman–Crippen LogP) is 7.34. The fourth-order valence-corrected chi connectivity index (χ4v) is 6.38. The van der Waals surface area contributed by atoms with Crippen LogP contribution in [-0.4, -0.2) is 29.6 Å². The van der Waals surface area contributed by atoms with Gasteiger partial charge < -0.3 is 19.9 Å². The lowest BCUT2D eigenvalue weighted by atomic mass is 9.71. The number of halogens is 2. The van der Waals surface area contributed by atoms with Crippen LogP contribution in [0, 0.1) is 0 Å². The van der Waals surface area contributed by atoms with Gasteiger partial charge in [0.1, 0.15) is 6.10 Å². The quantitative estimate of drug-likeness (QED) is 0.354. The van der Waals surface area contributed by atoms with Gasteiger partial charge in [0, 0.05) is 34.3 Å². The number of carbonyl (C=O) groups excluding carboxylic acids is 2. The van der Waals surface area contributed by atoms with Gasteiger partial charge in [-0.25, -0.2) is 4.79 Å². The first-order valence-corrected chi connectivity index (χ1v) is 14.4. The molecule has 0 radical (unpaired) electrons. The Labute approximate surface area is 239 Å².